The Morgan fingerprint density at radius 3 is 0.776 bits per heavy atom. The number of pyridine rings is 4. The first-order valence-corrected chi connectivity index (χ1v) is 16.0. The summed E-state index contributed by atoms with van der Waals surface area (Å²) in [5, 5.41) is 3.57. The van der Waals surface area contributed by atoms with Gasteiger partial charge in [-0.25, -0.2) is 0 Å². The van der Waals surface area contributed by atoms with Gasteiger partial charge in [-0.05, 0) is 48.5 Å². The number of para-hydroxylation sites is 4. The van der Waals surface area contributed by atoms with Gasteiger partial charge in [-0.2, -0.15) is 0 Å². The van der Waals surface area contributed by atoms with Gasteiger partial charge in [0.2, 0.25) is 0 Å². The Morgan fingerprint density at radius 2 is 0.531 bits per heavy atom. The van der Waals surface area contributed by atoms with Gasteiger partial charge in [-0.1, -0.05) is 72.8 Å². The normalized spacial score (nSPS) is 10.6. The van der Waals surface area contributed by atoms with E-state index >= 15 is 0 Å². The van der Waals surface area contributed by atoms with Crippen molar-refractivity contribution < 1.29 is 67.3 Å². The van der Waals surface area contributed by atoms with Crippen LogP contribution in [-0.4, -0.2) is 29.0 Å². The Morgan fingerprint density at radius 1 is 0.306 bits per heavy atom. The average molecular weight is 747 g/mol. The van der Waals surface area contributed by atoms with Crippen LogP contribution < -0.4 is 67.3 Å². The number of benzene rings is 4. The van der Waals surface area contributed by atoms with Crippen LogP contribution in [0.3, 0.4) is 0 Å². The molecule has 0 aliphatic carbocycles. The van der Waals surface area contributed by atoms with E-state index in [0.717, 1.165) is 21.5 Å². The number of hydrogen-bond donors (Lipinski definition) is 0. The Kier molecular flexibility index (Phi) is 12.1. The highest BCUT2D eigenvalue weighted by molar-refractivity contribution is 6.57. The molecule has 13 heteroatoms. The largest absolute Gasteiger partial charge is 1.00 e. The second-order valence-electron chi connectivity index (χ2n) is 10.2. The van der Waals surface area contributed by atoms with Crippen LogP contribution >= 0.6 is 0 Å². The van der Waals surface area contributed by atoms with E-state index in [1.807, 2.05) is 121 Å². The van der Waals surface area contributed by atoms with Gasteiger partial charge >= 0.3 is 9.05 Å². The van der Waals surface area contributed by atoms with Crippen LogP contribution in [0, 0.1) is 0 Å². The van der Waals surface area contributed by atoms with Crippen LogP contribution in [0.2, 0.25) is 0 Å². The minimum atomic E-state index is -4.39. The quantitative estimate of drug-likeness (QED) is 0.146. The maximum Gasteiger partial charge on any atom is 0.967 e. The van der Waals surface area contributed by atoms with Crippen molar-refractivity contribution in [3.8, 4) is 23.0 Å². The number of hydrogen-bond acceptors (Lipinski definition) is 8. The van der Waals surface area contributed by atoms with E-state index < -0.39 is 9.05 Å². The van der Waals surface area contributed by atoms with Crippen molar-refractivity contribution in [2.45, 2.75) is 0 Å². The van der Waals surface area contributed by atoms with Gasteiger partial charge < -0.3 is 67.3 Å². The highest BCUT2D eigenvalue weighted by Gasteiger charge is 2.59. The number of aromatic nitrogens is 4. The lowest BCUT2D eigenvalue weighted by Crippen LogP contribution is -3.00. The summed E-state index contributed by atoms with van der Waals surface area (Å²) in [6.07, 6.45) is 6.88. The molecule has 0 saturated heterocycles. The fourth-order valence-corrected chi connectivity index (χ4v) is 7.28. The molecule has 4 aromatic carbocycles. The zero-order valence-corrected chi connectivity index (χ0v) is 29.3. The smallest absolute Gasteiger partial charge is 0.967 e. The highest BCUT2D eigenvalue weighted by Crippen LogP contribution is 2.35. The van der Waals surface area contributed by atoms with Crippen LogP contribution in [0.4, 0.5) is 0 Å². The van der Waals surface area contributed by atoms with E-state index in [4.69, 9.17) is 17.7 Å². The Hall–Kier alpha value is -4.90. The van der Waals surface area contributed by atoms with Crippen LogP contribution in [-0.2, 0) is 0 Å². The van der Waals surface area contributed by atoms with Crippen molar-refractivity contribution >= 4 is 52.7 Å². The molecule has 4 aromatic heterocycles. The predicted octanol–water partition coefficient (Wildman–Crippen LogP) is -4.05. The van der Waals surface area contributed by atoms with Gasteiger partial charge in [-0.3, -0.25) is 19.9 Å². The van der Waals surface area contributed by atoms with Crippen molar-refractivity contribution in [2.24, 2.45) is 0 Å². The van der Waals surface area contributed by atoms with Crippen molar-refractivity contribution in [3.63, 3.8) is 0 Å². The third-order valence-corrected chi connectivity index (χ3v) is 9.20. The molecule has 248 valence electrons. The van der Waals surface area contributed by atoms with Gasteiger partial charge in [0.15, 0.2) is 0 Å². The molecule has 49 heavy (non-hydrogen) atoms. The first kappa shape index (κ1) is 36.9. The second-order valence-corrected chi connectivity index (χ2v) is 12.0. The van der Waals surface area contributed by atoms with Gasteiger partial charge in [0.05, 0.1) is 0 Å². The molecule has 8 rings (SSSR count). The Bertz CT molecular complexity index is 2000. The average Bonchev–Trinajstić information content (AvgIpc) is 3.09. The maximum absolute atomic E-state index is 6.90. The monoisotopic (exact) mass is 744 g/mol. The summed E-state index contributed by atoms with van der Waals surface area (Å²) in [6.45, 7) is 0. The summed E-state index contributed by atoms with van der Waals surface area (Å²) in [7, 11) is -4.39. The second kappa shape index (κ2) is 16.0. The van der Waals surface area contributed by atoms with Crippen LogP contribution in [0.15, 0.2) is 146 Å². The molecule has 0 radical (unpaired) electrons. The Balaban J connectivity index is 0.00000135. The minimum Gasteiger partial charge on any atom is -1.00 e. The fourth-order valence-electron chi connectivity index (χ4n) is 5.30. The summed E-state index contributed by atoms with van der Waals surface area (Å²) in [6, 6.07) is 38.2. The van der Waals surface area contributed by atoms with Gasteiger partial charge in [0.1, 0.15) is 45.1 Å². The lowest BCUT2D eigenvalue weighted by atomic mass is 10.2. The SMILES string of the molecule is [Cl-].[Cl-].[Cl-].[Cl-].c1cnc2c(O[Si](Oc3cccc4cccnc34)(Oc3cccc4cccnc34)Oc3cccc4cccnc34)cccc2c1. The molecule has 4 heterocycles. The first-order chi connectivity index (χ1) is 22.2. The predicted molar refractivity (Wildman–Crippen MR) is 175 cm³/mol. The molecule has 0 aliphatic rings. The number of fused-ring (bicyclic) bond motifs is 4. The summed E-state index contributed by atoms with van der Waals surface area (Å²) in [4.78, 5) is 18.5. The van der Waals surface area contributed by atoms with Gasteiger partial charge in [0.25, 0.3) is 0 Å². The van der Waals surface area contributed by atoms with Crippen molar-refractivity contribution in [1.82, 2.24) is 19.9 Å². The minimum absolute atomic E-state index is 0. The zero-order valence-electron chi connectivity index (χ0n) is 25.3. The van der Waals surface area contributed by atoms with Crippen LogP contribution in [0.5, 0.6) is 23.0 Å². The van der Waals surface area contributed by atoms with Crippen molar-refractivity contribution in [2.75, 3.05) is 0 Å². The molecule has 0 bridgehead atoms. The topological polar surface area (TPSA) is 88.5 Å². The summed E-state index contributed by atoms with van der Waals surface area (Å²) in [5.41, 5.74) is 2.54. The van der Waals surface area contributed by atoms with Gasteiger partial charge in [-0.15, -0.1) is 0 Å². The molecule has 8 aromatic rings. The molecule has 0 unspecified atom stereocenters. The van der Waals surface area contributed by atoms with Crippen molar-refractivity contribution in [3.05, 3.63) is 146 Å². The first-order valence-electron chi connectivity index (χ1n) is 14.4. The third-order valence-electron chi connectivity index (χ3n) is 7.32. The molecule has 0 saturated carbocycles. The third kappa shape index (κ3) is 7.41. The van der Waals surface area contributed by atoms with E-state index in [-0.39, 0.29) is 49.6 Å². The molecule has 0 N–H and O–H groups in total. The highest BCUT2D eigenvalue weighted by atomic mass is 35.5. The standard InChI is InChI=1S/C36H24N4O4Si.4ClH/c1-9-25-13-5-21-37-33(25)29(17-1)41-45(42-30-18-2-10-26-14-6-22-38-34(26)30,43-31-19-3-11-27-15-7-23-39-35(27)31)44-32-20-4-12-28-16-8-24-40-36(28)32;;;;/h1-24H;4*1H/p-4. The maximum atomic E-state index is 6.90. The molecule has 0 fully saturated rings. The number of rotatable bonds is 8. The fraction of sp³-hybridized carbons (Fsp3) is 0. The van der Waals surface area contributed by atoms with Crippen LogP contribution in [0.1, 0.15) is 0 Å². The molecule has 8 nitrogen and oxygen atoms in total. The summed E-state index contributed by atoms with van der Waals surface area (Å²) >= 11 is 0. The molecular weight excluding hydrogens is 722 g/mol. The Labute approximate surface area is 307 Å². The number of halogens is 4. The van der Waals surface area contributed by atoms with E-state index in [2.05, 4.69) is 19.9 Å². The zero-order chi connectivity index (χ0) is 30.1. The van der Waals surface area contributed by atoms with Crippen molar-refractivity contribution in [1.29, 1.82) is 0 Å². The number of nitrogens with zero attached hydrogens (tertiary/aromatic N) is 4. The summed E-state index contributed by atoms with van der Waals surface area (Å²) < 4.78 is 27.6. The van der Waals surface area contributed by atoms with Gasteiger partial charge in [0, 0.05) is 46.3 Å². The molecule has 0 aliphatic heterocycles. The van der Waals surface area contributed by atoms with E-state index in [1.165, 1.54) is 0 Å². The molecule has 0 amide bonds. The van der Waals surface area contributed by atoms with E-state index in [9.17, 15) is 0 Å². The summed E-state index contributed by atoms with van der Waals surface area (Å²) in [5.74, 6) is 1.76. The lowest BCUT2D eigenvalue weighted by molar-refractivity contribution is -0.00100. The molecular formula is C36H24Cl4N4O4Si-4. The lowest BCUT2D eigenvalue weighted by Gasteiger charge is -2.29. The van der Waals surface area contributed by atoms with Crippen LogP contribution in [0.25, 0.3) is 43.6 Å². The van der Waals surface area contributed by atoms with E-state index in [0.29, 0.717) is 45.1 Å². The molecule has 0 spiro atoms. The molecule has 0 atom stereocenters. The van der Waals surface area contributed by atoms with E-state index in [1.54, 1.807) is 24.8 Å².